The summed E-state index contributed by atoms with van der Waals surface area (Å²) in [5, 5.41) is 11.5. The van der Waals surface area contributed by atoms with Gasteiger partial charge in [0.2, 0.25) is 0 Å². The number of amides is 1. The molecular weight excluding hydrogens is 370 g/mol. The number of carboxylic acids is 1. The second-order valence-corrected chi connectivity index (χ2v) is 8.53. The number of carbonyl (C=O) groups excluding carboxylic acids is 1. The van der Waals surface area contributed by atoms with E-state index in [1.54, 1.807) is 20.8 Å². The zero-order chi connectivity index (χ0) is 22.4. The second-order valence-electron chi connectivity index (χ2n) is 8.53. The quantitative estimate of drug-likeness (QED) is 0.333. The number of rotatable bonds is 12. The summed E-state index contributed by atoms with van der Waals surface area (Å²) in [6, 6.07) is -1.15. The highest BCUT2D eigenvalue weighted by Crippen LogP contribution is 2.11. The highest BCUT2D eigenvalue weighted by Gasteiger charge is 2.23. The van der Waals surface area contributed by atoms with Crippen molar-refractivity contribution in [3.63, 3.8) is 0 Å². The number of allylic oxidation sites excluding steroid dienone is 5. The zero-order valence-corrected chi connectivity index (χ0v) is 19.1. The van der Waals surface area contributed by atoms with Crippen LogP contribution >= 0.6 is 0 Å². The Balaban J connectivity index is 4.25. The van der Waals surface area contributed by atoms with Crippen molar-refractivity contribution >= 4 is 12.1 Å². The van der Waals surface area contributed by atoms with Gasteiger partial charge in [0.1, 0.15) is 5.60 Å². The van der Waals surface area contributed by atoms with Gasteiger partial charge < -0.3 is 19.9 Å². The molecule has 6 heteroatoms. The van der Waals surface area contributed by atoms with Crippen LogP contribution in [0.25, 0.3) is 0 Å². The van der Waals surface area contributed by atoms with Crippen molar-refractivity contribution < 1.29 is 24.2 Å². The summed E-state index contributed by atoms with van der Waals surface area (Å²) in [5.41, 5.74) is 3.24. The molecule has 0 rings (SSSR count). The average Bonchev–Trinajstić information content (AvgIpc) is 2.55. The second kappa shape index (κ2) is 14.0. The molecule has 29 heavy (non-hydrogen) atoms. The molecule has 1 amide bonds. The van der Waals surface area contributed by atoms with Crippen molar-refractivity contribution in [3.8, 4) is 0 Å². The van der Waals surface area contributed by atoms with Crippen LogP contribution in [0.4, 0.5) is 4.79 Å². The third-order valence-corrected chi connectivity index (χ3v) is 3.95. The van der Waals surface area contributed by atoms with Gasteiger partial charge >= 0.3 is 12.1 Å². The van der Waals surface area contributed by atoms with E-state index in [-0.39, 0.29) is 6.61 Å². The van der Waals surface area contributed by atoms with Crippen LogP contribution in [0.3, 0.4) is 0 Å². The van der Waals surface area contributed by atoms with Gasteiger partial charge in [0, 0.05) is 0 Å². The van der Waals surface area contributed by atoms with E-state index in [9.17, 15) is 14.7 Å². The first kappa shape index (κ1) is 26.9. The summed E-state index contributed by atoms with van der Waals surface area (Å²) in [6.45, 7) is 13.7. The normalized spacial score (nSPS) is 13.6. The van der Waals surface area contributed by atoms with Crippen molar-refractivity contribution in [2.75, 3.05) is 13.2 Å². The lowest BCUT2D eigenvalue weighted by atomic mass is 10.1. The molecule has 0 aliphatic rings. The summed E-state index contributed by atoms with van der Waals surface area (Å²) < 4.78 is 10.5. The molecule has 0 aliphatic heterocycles. The highest BCUT2D eigenvalue weighted by atomic mass is 16.6. The summed E-state index contributed by atoms with van der Waals surface area (Å²) in [4.78, 5) is 23.0. The molecule has 0 aromatic carbocycles. The van der Waals surface area contributed by atoms with E-state index in [1.807, 2.05) is 13.0 Å². The molecule has 0 aromatic rings. The molecule has 0 fully saturated rings. The van der Waals surface area contributed by atoms with Crippen LogP contribution in [-0.2, 0) is 14.3 Å². The number of hydrogen-bond donors (Lipinski definition) is 2. The Labute approximate surface area is 176 Å². The fourth-order valence-corrected chi connectivity index (χ4v) is 2.35. The zero-order valence-electron chi connectivity index (χ0n) is 19.1. The van der Waals surface area contributed by atoms with Gasteiger partial charge in [-0.15, -0.1) is 0 Å². The maximum absolute atomic E-state index is 11.7. The predicted molar refractivity (Wildman–Crippen MR) is 117 cm³/mol. The van der Waals surface area contributed by atoms with E-state index in [4.69, 9.17) is 9.47 Å². The summed E-state index contributed by atoms with van der Waals surface area (Å²) in [6.07, 6.45) is 9.76. The van der Waals surface area contributed by atoms with Gasteiger partial charge in [0.05, 0.1) is 13.2 Å². The van der Waals surface area contributed by atoms with Gasteiger partial charge in [-0.1, -0.05) is 34.9 Å². The smallest absolute Gasteiger partial charge is 0.408 e. The molecule has 0 radical (unpaired) electrons. The van der Waals surface area contributed by atoms with E-state index >= 15 is 0 Å². The van der Waals surface area contributed by atoms with Crippen LogP contribution in [0.15, 0.2) is 34.9 Å². The molecule has 0 saturated heterocycles. The number of hydrogen-bond acceptors (Lipinski definition) is 4. The lowest BCUT2D eigenvalue weighted by Crippen LogP contribution is -2.46. The van der Waals surface area contributed by atoms with Crippen molar-refractivity contribution in [1.29, 1.82) is 0 Å². The van der Waals surface area contributed by atoms with Gasteiger partial charge in [0.15, 0.2) is 6.04 Å². The van der Waals surface area contributed by atoms with Crippen LogP contribution in [0, 0.1) is 0 Å². The summed E-state index contributed by atoms with van der Waals surface area (Å²) >= 11 is 0. The Morgan fingerprint density at radius 1 is 0.966 bits per heavy atom. The first-order valence-electron chi connectivity index (χ1n) is 10.2. The number of aliphatic carboxylic acids is 1. The van der Waals surface area contributed by atoms with E-state index in [2.05, 4.69) is 38.2 Å². The summed E-state index contributed by atoms with van der Waals surface area (Å²) in [5.74, 6) is -1.16. The number of alkyl carbamates (subject to hydrolysis) is 1. The minimum atomic E-state index is -1.16. The molecule has 0 unspecified atom stereocenters. The first-order valence-corrected chi connectivity index (χ1v) is 10.2. The van der Waals surface area contributed by atoms with Crippen LogP contribution in [0.5, 0.6) is 0 Å². The van der Waals surface area contributed by atoms with E-state index in [0.717, 1.165) is 25.7 Å². The number of ether oxygens (including phenoxy) is 2. The van der Waals surface area contributed by atoms with Crippen molar-refractivity contribution in [2.24, 2.45) is 0 Å². The molecule has 1 atom stereocenters. The molecule has 166 valence electrons. The average molecular weight is 410 g/mol. The third kappa shape index (κ3) is 16.6. The molecule has 0 saturated carbocycles. The maximum atomic E-state index is 11.7. The lowest BCUT2D eigenvalue weighted by Gasteiger charge is -2.21. The van der Waals surface area contributed by atoms with Crippen molar-refractivity contribution in [1.82, 2.24) is 5.32 Å². The minimum Gasteiger partial charge on any atom is -0.480 e. The monoisotopic (exact) mass is 409 g/mol. The number of nitrogens with one attached hydrogen (secondary N) is 1. The Morgan fingerprint density at radius 3 is 2.03 bits per heavy atom. The Kier molecular flexibility index (Phi) is 13.0. The van der Waals surface area contributed by atoms with E-state index in [0.29, 0.717) is 6.61 Å². The Hall–Kier alpha value is -2.08. The molecule has 0 aliphatic carbocycles. The van der Waals surface area contributed by atoms with Gasteiger partial charge in [-0.2, -0.15) is 0 Å². The number of carbonyl (C=O) groups is 2. The fourth-order valence-electron chi connectivity index (χ4n) is 2.35. The third-order valence-electron chi connectivity index (χ3n) is 3.95. The van der Waals surface area contributed by atoms with Gasteiger partial charge in [-0.3, -0.25) is 0 Å². The number of carboxylic acid groups (broad SMARTS) is 1. The topological polar surface area (TPSA) is 84.9 Å². The minimum absolute atomic E-state index is 0.123. The van der Waals surface area contributed by atoms with E-state index in [1.165, 1.54) is 16.7 Å². The molecule has 2 N–H and O–H groups in total. The molecule has 0 aromatic heterocycles. The molecule has 0 spiro atoms. The maximum Gasteiger partial charge on any atom is 0.408 e. The van der Waals surface area contributed by atoms with Gasteiger partial charge in [0.25, 0.3) is 0 Å². The molecular formula is C23H39NO5. The Morgan fingerprint density at radius 2 is 1.52 bits per heavy atom. The molecule has 0 heterocycles. The SMILES string of the molecule is CC(C)=CCCC(C)=CCCC(C)=CCOC[C@H](NC(=O)OC(C)(C)C)C(=O)O. The lowest BCUT2D eigenvalue weighted by molar-refractivity contribution is -0.141. The highest BCUT2D eigenvalue weighted by molar-refractivity contribution is 5.80. The van der Waals surface area contributed by atoms with Gasteiger partial charge in [-0.25, -0.2) is 9.59 Å². The molecule has 6 nitrogen and oxygen atoms in total. The fraction of sp³-hybridized carbons (Fsp3) is 0.652. The standard InChI is InChI=1S/C23H39NO5/c1-17(2)10-8-11-18(3)12-9-13-19(4)14-15-28-16-20(21(25)26)24-22(27)29-23(5,6)7/h10,12,14,20H,8-9,11,13,15-16H2,1-7H3,(H,24,27)(H,25,26)/t20-/m0/s1. The predicted octanol–water partition coefficient (Wildman–Crippen LogP) is 5.40. The van der Waals surface area contributed by atoms with Crippen LogP contribution in [0.1, 0.15) is 74.1 Å². The van der Waals surface area contributed by atoms with Crippen LogP contribution in [-0.4, -0.2) is 42.0 Å². The van der Waals surface area contributed by atoms with Gasteiger partial charge in [-0.05, 0) is 74.1 Å². The Bertz CT molecular complexity index is 607. The summed E-state index contributed by atoms with van der Waals surface area (Å²) in [7, 11) is 0. The van der Waals surface area contributed by atoms with Crippen LogP contribution in [0.2, 0.25) is 0 Å². The largest absolute Gasteiger partial charge is 0.480 e. The first-order chi connectivity index (χ1) is 13.4. The molecule has 0 bridgehead atoms. The van der Waals surface area contributed by atoms with Crippen molar-refractivity contribution in [2.45, 2.75) is 85.8 Å². The van der Waals surface area contributed by atoms with E-state index < -0.39 is 23.7 Å². The van der Waals surface area contributed by atoms with Crippen LogP contribution < -0.4 is 5.32 Å². The van der Waals surface area contributed by atoms with Crippen molar-refractivity contribution in [3.05, 3.63) is 34.9 Å².